The lowest BCUT2D eigenvalue weighted by atomic mass is 10.1. The van der Waals surface area contributed by atoms with E-state index in [2.05, 4.69) is 4.99 Å². The summed E-state index contributed by atoms with van der Waals surface area (Å²) in [7, 11) is 1.56. The van der Waals surface area contributed by atoms with E-state index in [4.69, 9.17) is 9.47 Å². The number of methoxy groups -OCH3 is 1. The van der Waals surface area contributed by atoms with Crippen molar-refractivity contribution in [2.75, 3.05) is 7.11 Å². The number of nitro groups is 1. The molecule has 3 rings (SSSR count). The second kappa shape index (κ2) is 6.56. The summed E-state index contributed by atoms with van der Waals surface area (Å²) in [6.07, 6.45) is 1.59. The highest BCUT2D eigenvalue weighted by Crippen LogP contribution is 2.24. The van der Waals surface area contributed by atoms with Crippen LogP contribution in [0.4, 0.5) is 5.69 Å². The SMILES string of the molecule is COc1cccc(/C=C2\N=C(c3ccc([N+](=O)[O-])c(C)c3)OC2=O)c1. The van der Waals surface area contributed by atoms with E-state index >= 15 is 0 Å². The number of nitrogens with zero attached hydrogens (tertiary/aromatic N) is 2. The van der Waals surface area contributed by atoms with Crippen molar-refractivity contribution in [3.63, 3.8) is 0 Å². The molecule has 0 saturated heterocycles. The van der Waals surface area contributed by atoms with Gasteiger partial charge in [0.05, 0.1) is 12.0 Å². The van der Waals surface area contributed by atoms with Crippen LogP contribution < -0.4 is 4.74 Å². The number of cyclic esters (lactones) is 1. The van der Waals surface area contributed by atoms with Gasteiger partial charge in [-0.25, -0.2) is 9.79 Å². The summed E-state index contributed by atoms with van der Waals surface area (Å²) in [5.74, 6) is 0.210. The van der Waals surface area contributed by atoms with Crippen molar-refractivity contribution in [2.45, 2.75) is 6.92 Å². The van der Waals surface area contributed by atoms with Gasteiger partial charge >= 0.3 is 5.97 Å². The van der Waals surface area contributed by atoms with Crippen molar-refractivity contribution in [2.24, 2.45) is 4.99 Å². The number of aliphatic imine (C=N–C) groups is 1. The number of benzene rings is 2. The average Bonchev–Trinajstić information content (AvgIpc) is 2.95. The summed E-state index contributed by atoms with van der Waals surface area (Å²) in [6, 6.07) is 11.6. The van der Waals surface area contributed by atoms with Crippen LogP contribution in [0.15, 0.2) is 53.2 Å². The topological polar surface area (TPSA) is 91.0 Å². The number of hydrogen-bond acceptors (Lipinski definition) is 6. The second-order valence-corrected chi connectivity index (χ2v) is 5.37. The maximum absolute atomic E-state index is 12.0. The van der Waals surface area contributed by atoms with Crippen LogP contribution in [-0.4, -0.2) is 23.9 Å². The molecule has 0 atom stereocenters. The Labute approximate surface area is 143 Å². The first kappa shape index (κ1) is 16.4. The van der Waals surface area contributed by atoms with Crippen LogP contribution in [-0.2, 0) is 9.53 Å². The third kappa shape index (κ3) is 3.40. The largest absolute Gasteiger partial charge is 0.497 e. The molecular formula is C18H14N2O5. The van der Waals surface area contributed by atoms with Gasteiger partial charge in [-0.05, 0) is 42.8 Å². The molecule has 0 spiro atoms. The minimum Gasteiger partial charge on any atom is -0.497 e. The van der Waals surface area contributed by atoms with Crippen LogP contribution in [0.25, 0.3) is 6.08 Å². The predicted octanol–water partition coefficient (Wildman–Crippen LogP) is 3.26. The molecule has 1 aliphatic rings. The second-order valence-electron chi connectivity index (χ2n) is 5.37. The Hall–Kier alpha value is -3.48. The first-order valence-corrected chi connectivity index (χ1v) is 7.40. The Morgan fingerprint density at radius 3 is 2.72 bits per heavy atom. The molecule has 0 aliphatic carbocycles. The van der Waals surface area contributed by atoms with Gasteiger partial charge < -0.3 is 9.47 Å². The number of ether oxygens (including phenoxy) is 2. The maximum atomic E-state index is 12.0. The number of carbonyl (C=O) groups excluding carboxylic acids is 1. The van der Waals surface area contributed by atoms with Crippen LogP contribution in [0.5, 0.6) is 5.75 Å². The van der Waals surface area contributed by atoms with Gasteiger partial charge in [-0.15, -0.1) is 0 Å². The Bertz CT molecular complexity index is 931. The molecule has 0 bridgehead atoms. The molecule has 0 amide bonds. The highest BCUT2D eigenvalue weighted by atomic mass is 16.6. The van der Waals surface area contributed by atoms with Gasteiger partial charge in [0.1, 0.15) is 5.75 Å². The highest BCUT2D eigenvalue weighted by Gasteiger charge is 2.25. The zero-order valence-electron chi connectivity index (χ0n) is 13.6. The lowest BCUT2D eigenvalue weighted by Crippen LogP contribution is -2.06. The molecule has 1 heterocycles. The minimum atomic E-state index is -0.575. The van der Waals surface area contributed by atoms with Gasteiger partial charge in [-0.3, -0.25) is 10.1 Å². The van der Waals surface area contributed by atoms with Crippen molar-refractivity contribution in [3.05, 3.63) is 75.0 Å². The van der Waals surface area contributed by atoms with E-state index in [9.17, 15) is 14.9 Å². The summed E-state index contributed by atoms with van der Waals surface area (Å²) < 4.78 is 10.3. The fourth-order valence-electron chi connectivity index (χ4n) is 2.42. The number of hydrogen-bond donors (Lipinski definition) is 0. The molecule has 126 valence electrons. The normalized spacial score (nSPS) is 15.0. The van der Waals surface area contributed by atoms with Gasteiger partial charge in [-0.1, -0.05) is 12.1 Å². The first-order chi connectivity index (χ1) is 12.0. The van der Waals surface area contributed by atoms with Crippen LogP contribution >= 0.6 is 0 Å². The number of aryl methyl sites for hydroxylation is 1. The number of nitro benzene ring substituents is 1. The Balaban J connectivity index is 1.93. The quantitative estimate of drug-likeness (QED) is 0.369. The lowest BCUT2D eigenvalue weighted by Gasteiger charge is -2.01. The molecule has 2 aromatic carbocycles. The molecule has 0 unspecified atom stereocenters. The summed E-state index contributed by atoms with van der Waals surface area (Å²) in [5, 5.41) is 10.9. The standard InChI is InChI=1S/C18H14N2O5/c1-11-8-13(6-7-16(11)20(22)23)17-19-15(18(21)25-17)10-12-4-3-5-14(9-12)24-2/h3-10H,1-2H3/b15-10-. The van der Waals surface area contributed by atoms with Gasteiger partial charge in [0.15, 0.2) is 5.70 Å². The van der Waals surface area contributed by atoms with E-state index in [-0.39, 0.29) is 17.3 Å². The molecule has 0 aromatic heterocycles. The van der Waals surface area contributed by atoms with Gasteiger partial charge in [0, 0.05) is 17.2 Å². The van der Waals surface area contributed by atoms with Gasteiger partial charge in [0.25, 0.3) is 5.69 Å². The van der Waals surface area contributed by atoms with Crippen LogP contribution in [0.2, 0.25) is 0 Å². The molecule has 0 fully saturated rings. The summed E-state index contributed by atoms with van der Waals surface area (Å²) in [5.41, 5.74) is 1.87. The molecule has 0 radical (unpaired) electrons. The highest BCUT2D eigenvalue weighted by molar-refractivity contribution is 6.13. The van der Waals surface area contributed by atoms with Crippen molar-refractivity contribution in [1.82, 2.24) is 0 Å². The third-order valence-electron chi connectivity index (χ3n) is 3.66. The molecule has 0 saturated carbocycles. The Morgan fingerprint density at radius 1 is 1.24 bits per heavy atom. The van der Waals surface area contributed by atoms with E-state index in [0.29, 0.717) is 16.9 Å². The van der Waals surface area contributed by atoms with Crippen LogP contribution in [0.1, 0.15) is 16.7 Å². The van der Waals surface area contributed by atoms with Crippen LogP contribution in [0.3, 0.4) is 0 Å². The molecule has 1 aliphatic heterocycles. The Morgan fingerprint density at radius 2 is 2.04 bits per heavy atom. The van der Waals surface area contributed by atoms with E-state index in [1.165, 1.54) is 12.1 Å². The average molecular weight is 338 g/mol. The number of esters is 1. The molecule has 0 N–H and O–H groups in total. The summed E-state index contributed by atoms with van der Waals surface area (Å²) in [6.45, 7) is 1.62. The number of rotatable bonds is 4. The van der Waals surface area contributed by atoms with E-state index < -0.39 is 10.9 Å². The maximum Gasteiger partial charge on any atom is 0.363 e. The Kier molecular flexibility index (Phi) is 4.30. The zero-order chi connectivity index (χ0) is 18.0. The van der Waals surface area contributed by atoms with Crippen molar-refractivity contribution in [1.29, 1.82) is 0 Å². The smallest absolute Gasteiger partial charge is 0.363 e. The van der Waals surface area contributed by atoms with Gasteiger partial charge in [0.2, 0.25) is 5.90 Å². The fourth-order valence-corrected chi connectivity index (χ4v) is 2.42. The monoisotopic (exact) mass is 338 g/mol. The van der Waals surface area contributed by atoms with Crippen molar-refractivity contribution < 1.29 is 19.2 Å². The first-order valence-electron chi connectivity index (χ1n) is 7.40. The summed E-state index contributed by atoms with van der Waals surface area (Å²) >= 11 is 0. The predicted molar refractivity (Wildman–Crippen MR) is 91.4 cm³/mol. The number of carbonyl (C=O) groups is 1. The van der Waals surface area contributed by atoms with E-state index in [1.54, 1.807) is 44.4 Å². The minimum absolute atomic E-state index is 0.000759. The molecule has 7 heteroatoms. The van der Waals surface area contributed by atoms with E-state index in [1.807, 2.05) is 6.07 Å². The molecule has 7 nitrogen and oxygen atoms in total. The summed E-state index contributed by atoms with van der Waals surface area (Å²) in [4.78, 5) is 26.7. The zero-order valence-corrected chi connectivity index (χ0v) is 13.6. The van der Waals surface area contributed by atoms with Crippen molar-refractivity contribution in [3.8, 4) is 5.75 Å². The van der Waals surface area contributed by atoms with Gasteiger partial charge in [-0.2, -0.15) is 0 Å². The van der Waals surface area contributed by atoms with E-state index in [0.717, 1.165) is 5.56 Å². The molecule has 25 heavy (non-hydrogen) atoms. The molecule has 2 aromatic rings. The molecular weight excluding hydrogens is 324 g/mol. The fraction of sp³-hybridized carbons (Fsp3) is 0.111. The van der Waals surface area contributed by atoms with Crippen LogP contribution in [0, 0.1) is 17.0 Å². The van der Waals surface area contributed by atoms with Crippen molar-refractivity contribution >= 4 is 23.6 Å². The third-order valence-corrected chi connectivity index (χ3v) is 3.66. The lowest BCUT2D eigenvalue weighted by molar-refractivity contribution is -0.385.